The van der Waals surface area contributed by atoms with Crippen molar-refractivity contribution in [2.45, 2.75) is 19.9 Å². The predicted octanol–water partition coefficient (Wildman–Crippen LogP) is 1.22. The van der Waals surface area contributed by atoms with Gasteiger partial charge in [-0.25, -0.2) is 9.78 Å². The van der Waals surface area contributed by atoms with Crippen LogP contribution >= 0.6 is 0 Å². The lowest BCUT2D eigenvalue weighted by molar-refractivity contribution is 0.0698. The third kappa shape index (κ3) is 3.10. The lowest BCUT2D eigenvalue weighted by atomic mass is 10.2. The van der Waals surface area contributed by atoms with Gasteiger partial charge in [0, 0.05) is 13.7 Å². The van der Waals surface area contributed by atoms with Crippen molar-refractivity contribution in [3.05, 3.63) is 17.8 Å². The molecule has 6 nitrogen and oxygen atoms in total. The van der Waals surface area contributed by atoms with Gasteiger partial charge in [0.2, 0.25) is 0 Å². The van der Waals surface area contributed by atoms with Gasteiger partial charge in [0.1, 0.15) is 5.82 Å². The number of hydrogen-bond donors (Lipinski definition) is 2. The van der Waals surface area contributed by atoms with Gasteiger partial charge in [0.05, 0.1) is 30.1 Å². The fourth-order valence-electron chi connectivity index (χ4n) is 1.83. The van der Waals surface area contributed by atoms with Gasteiger partial charge < -0.3 is 20.5 Å². The van der Waals surface area contributed by atoms with E-state index in [1.54, 1.807) is 7.11 Å². The Kier molecular flexibility index (Phi) is 4.91. The molecule has 100 valence electrons. The normalized spacial score (nSPS) is 12.2. The number of pyridine rings is 1. The van der Waals surface area contributed by atoms with Crippen molar-refractivity contribution in [3.63, 3.8) is 0 Å². The van der Waals surface area contributed by atoms with Crippen LogP contribution in [0.4, 0.5) is 11.5 Å². The van der Waals surface area contributed by atoms with Gasteiger partial charge in [0.15, 0.2) is 0 Å². The molecule has 1 aromatic rings. The standard InChI is InChI=1S/C12H19N3O3/c1-4-15(8(2)7-18-3)11-5-9(12(16)17)10(13)6-14-11/h5-6,8H,4,7,13H2,1-3H3,(H,16,17). The quantitative estimate of drug-likeness (QED) is 0.792. The molecule has 0 aliphatic rings. The van der Waals surface area contributed by atoms with Crippen molar-refractivity contribution < 1.29 is 14.6 Å². The number of carboxylic acid groups (broad SMARTS) is 1. The number of ether oxygens (including phenoxy) is 1. The lowest BCUT2D eigenvalue weighted by Crippen LogP contribution is -2.36. The lowest BCUT2D eigenvalue weighted by Gasteiger charge is -2.28. The SMILES string of the molecule is CCN(c1cc(C(=O)O)c(N)cn1)C(C)COC. The molecule has 0 saturated carbocycles. The zero-order chi connectivity index (χ0) is 13.7. The van der Waals surface area contributed by atoms with Crippen LogP contribution in [0.25, 0.3) is 0 Å². The number of methoxy groups -OCH3 is 1. The van der Waals surface area contributed by atoms with Gasteiger partial charge in [-0.3, -0.25) is 0 Å². The Labute approximate surface area is 106 Å². The average molecular weight is 253 g/mol. The smallest absolute Gasteiger partial charge is 0.337 e. The number of hydrogen-bond acceptors (Lipinski definition) is 5. The molecule has 1 unspecified atom stereocenters. The maximum atomic E-state index is 11.0. The number of nitrogen functional groups attached to an aromatic ring is 1. The largest absolute Gasteiger partial charge is 0.478 e. The topological polar surface area (TPSA) is 88.7 Å². The molecule has 0 aliphatic carbocycles. The Morgan fingerprint density at radius 3 is 2.83 bits per heavy atom. The van der Waals surface area contributed by atoms with E-state index in [0.29, 0.717) is 19.0 Å². The Morgan fingerprint density at radius 2 is 2.33 bits per heavy atom. The summed E-state index contributed by atoms with van der Waals surface area (Å²) in [6, 6.07) is 1.60. The third-order valence-corrected chi connectivity index (χ3v) is 2.73. The second-order valence-electron chi connectivity index (χ2n) is 4.03. The Balaban J connectivity index is 3.07. The molecule has 0 spiro atoms. The maximum Gasteiger partial charge on any atom is 0.337 e. The van der Waals surface area contributed by atoms with E-state index < -0.39 is 5.97 Å². The van der Waals surface area contributed by atoms with Crippen LogP contribution in [0.2, 0.25) is 0 Å². The first-order valence-electron chi connectivity index (χ1n) is 5.75. The number of nitrogens with two attached hydrogens (primary N) is 1. The molecule has 1 aromatic heterocycles. The highest BCUT2D eigenvalue weighted by atomic mass is 16.5. The van der Waals surface area contributed by atoms with Crippen LogP contribution < -0.4 is 10.6 Å². The van der Waals surface area contributed by atoms with Crippen LogP contribution in [0, 0.1) is 0 Å². The molecule has 1 heterocycles. The van der Waals surface area contributed by atoms with Crippen molar-refractivity contribution in [1.82, 2.24) is 4.98 Å². The first-order valence-corrected chi connectivity index (χ1v) is 5.75. The summed E-state index contributed by atoms with van der Waals surface area (Å²) in [5.74, 6) is -0.458. The third-order valence-electron chi connectivity index (χ3n) is 2.73. The van der Waals surface area contributed by atoms with Gasteiger partial charge in [-0.15, -0.1) is 0 Å². The average Bonchev–Trinajstić information content (AvgIpc) is 2.32. The Morgan fingerprint density at radius 1 is 1.67 bits per heavy atom. The highest BCUT2D eigenvalue weighted by Gasteiger charge is 2.17. The highest BCUT2D eigenvalue weighted by molar-refractivity contribution is 5.94. The number of rotatable bonds is 6. The van der Waals surface area contributed by atoms with Gasteiger partial charge >= 0.3 is 5.97 Å². The number of nitrogens with zero attached hydrogens (tertiary/aromatic N) is 2. The van der Waals surface area contributed by atoms with E-state index in [1.807, 2.05) is 18.7 Å². The first kappa shape index (κ1) is 14.2. The second kappa shape index (κ2) is 6.20. The molecule has 0 aliphatic heterocycles. The van der Waals surface area contributed by atoms with E-state index in [2.05, 4.69) is 4.98 Å². The van der Waals surface area contributed by atoms with Crippen molar-refractivity contribution in [3.8, 4) is 0 Å². The minimum atomic E-state index is -1.05. The van der Waals surface area contributed by atoms with Crippen LogP contribution in [0.1, 0.15) is 24.2 Å². The van der Waals surface area contributed by atoms with Gasteiger partial charge in [-0.1, -0.05) is 0 Å². The molecule has 0 amide bonds. The summed E-state index contributed by atoms with van der Waals surface area (Å²) in [5.41, 5.74) is 5.82. The summed E-state index contributed by atoms with van der Waals surface area (Å²) in [6.07, 6.45) is 1.38. The van der Waals surface area contributed by atoms with Gasteiger partial charge in [0.25, 0.3) is 0 Å². The number of aromatic carboxylic acids is 1. The zero-order valence-corrected chi connectivity index (χ0v) is 10.9. The van der Waals surface area contributed by atoms with Crippen LogP contribution in [-0.2, 0) is 4.74 Å². The molecule has 0 bridgehead atoms. The zero-order valence-electron chi connectivity index (χ0n) is 10.9. The van der Waals surface area contributed by atoms with E-state index in [9.17, 15) is 4.79 Å². The number of carbonyl (C=O) groups is 1. The minimum absolute atomic E-state index is 0.0723. The van der Waals surface area contributed by atoms with Crippen molar-refractivity contribution in [2.75, 3.05) is 30.9 Å². The van der Waals surface area contributed by atoms with Gasteiger partial charge in [-0.05, 0) is 19.9 Å². The van der Waals surface area contributed by atoms with E-state index in [-0.39, 0.29) is 17.3 Å². The van der Waals surface area contributed by atoms with E-state index >= 15 is 0 Å². The fourth-order valence-corrected chi connectivity index (χ4v) is 1.83. The monoisotopic (exact) mass is 253 g/mol. The van der Waals surface area contributed by atoms with E-state index in [0.717, 1.165) is 0 Å². The highest BCUT2D eigenvalue weighted by Crippen LogP contribution is 2.20. The molecule has 1 atom stereocenters. The Hall–Kier alpha value is -1.82. The summed E-state index contributed by atoms with van der Waals surface area (Å²) in [4.78, 5) is 17.2. The maximum absolute atomic E-state index is 11.0. The molecule has 18 heavy (non-hydrogen) atoms. The predicted molar refractivity (Wildman–Crippen MR) is 70.0 cm³/mol. The molecular formula is C12H19N3O3. The van der Waals surface area contributed by atoms with E-state index in [1.165, 1.54) is 12.3 Å². The van der Waals surface area contributed by atoms with Crippen molar-refractivity contribution >= 4 is 17.5 Å². The molecule has 0 saturated heterocycles. The van der Waals surface area contributed by atoms with Crippen LogP contribution in [-0.4, -0.2) is 42.4 Å². The summed E-state index contributed by atoms with van der Waals surface area (Å²) in [7, 11) is 1.63. The summed E-state index contributed by atoms with van der Waals surface area (Å²) < 4.78 is 5.10. The molecule has 0 aromatic carbocycles. The fraction of sp³-hybridized carbons (Fsp3) is 0.500. The summed E-state index contributed by atoms with van der Waals surface area (Å²) >= 11 is 0. The van der Waals surface area contributed by atoms with Crippen LogP contribution in [0.3, 0.4) is 0 Å². The molecular weight excluding hydrogens is 234 g/mol. The summed E-state index contributed by atoms with van der Waals surface area (Å²) in [6.45, 7) is 5.22. The summed E-state index contributed by atoms with van der Waals surface area (Å²) in [5, 5.41) is 9.04. The Bertz CT molecular complexity index is 423. The molecule has 1 rings (SSSR count). The molecule has 0 fully saturated rings. The minimum Gasteiger partial charge on any atom is -0.478 e. The second-order valence-corrected chi connectivity index (χ2v) is 4.03. The van der Waals surface area contributed by atoms with Crippen LogP contribution in [0.15, 0.2) is 12.3 Å². The number of anilines is 2. The molecule has 6 heteroatoms. The molecule has 3 N–H and O–H groups in total. The van der Waals surface area contributed by atoms with Crippen molar-refractivity contribution in [1.29, 1.82) is 0 Å². The number of aromatic nitrogens is 1. The van der Waals surface area contributed by atoms with Crippen molar-refractivity contribution in [2.24, 2.45) is 0 Å². The number of likely N-dealkylation sites (N-methyl/N-ethyl adjacent to an activating group) is 1. The van der Waals surface area contributed by atoms with Gasteiger partial charge in [-0.2, -0.15) is 0 Å². The first-order chi connectivity index (χ1) is 8.51. The number of carboxylic acids is 1. The van der Waals surface area contributed by atoms with E-state index in [4.69, 9.17) is 15.6 Å². The molecule has 0 radical (unpaired) electrons. The van der Waals surface area contributed by atoms with Crippen LogP contribution in [0.5, 0.6) is 0 Å².